The lowest BCUT2D eigenvalue weighted by molar-refractivity contribution is 0.185. The molecule has 0 N–H and O–H groups in total. The van der Waals surface area contributed by atoms with Gasteiger partial charge in [-0.15, -0.1) is 11.3 Å². The van der Waals surface area contributed by atoms with Crippen LogP contribution >= 0.6 is 11.3 Å². The number of hydrogen-bond acceptors (Lipinski definition) is 6. The third kappa shape index (κ3) is 3.14. The van der Waals surface area contributed by atoms with Gasteiger partial charge in [0.2, 0.25) is 0 Å². The standard InChI is InChI=1S/C18H23N5OS/c1-13-11-25-16-15(13)20-12-21-18(16)23-6-3-4-14(10-23)17-19-5-7-22(17)8-9-24-2/h5,7,11-12,14H,3-4,6,8-10H2,1-2H3/t14-/m1/s1. The molecule has 0 aliphatic carbocycles. The second kappa shape index (κ2) is 7.09. The summed E-state index contributed by atoms with van der Waals surface area (Å²) in [5.41, 5.74) is 2.31. The zero-order valence-corrected chi connectivity index (χ0v) is 15.5. The fourth-order valence-electron chi connectivity index (χ4n) is 3.62. The number of fused-ring (bicyclic) bond motifs is 1. The van der Waals surface area contributed by atoms with E-state index in [2.05, 4.69) is 42.9 Å². The SMILES string of the molecule is COCCn1ccnc1[C@@H]1CCCN(c2ncnc3c(C)csc23)C1. The van der Waals surface area contributed by atoms with Crippen LogP contribution in [0.25, 0.3) is 10.2 Å². The topological polar surface area (TPSA) is 56.1 Å². The first-order chi connectivity index (χ1) is 12.3. The number of anilines is 1. The molecular weight excluding hydrogens is 334 g/mol. The van der Waals surface area contributed by atoms with Crippen molar-refractivity contribution in [2.75, 3.05) is 31.7 Å². The molecule has 0 amide bonds. The monoisotopic (exact) mass is 357 g/mol. The maximum atomic E-state index is 5.22. The lowest BCUT2D eigenvalue weighted by Crippen LogP contribution is -2.36. The van der Waals surface area contributed by atoms with E-state index in [0.29, 0.717) is 12.5 Å². The van der Waals surface area contributed by atoms with Crippen molar-refractivity contribution in [3.63, 3.8) is 0 Å². The Balaban J connectivity index is 1.60. The normalized spacial score (nSPS) is 18.2. The van der Waals surface area contributed by atoms with Gasteiger partial charge in [-0.2, -0.15) is 0 Å². The predicted molar refractivity (Wildman–Crippen MR) is 100 cm³/mol. The van der Waals surface area contributed by atoms with E-state index < -0.39 is 0 Å². The first kappa shape index (κ1) is 16.5. The van der Waals surface area contributed by atoms with Crippen molar-refractivity contribution in [2.45, 2.75) is 32.2 Å². The summed E-state index contributed by atoms with van der Waals surface area (Å²) in [5, 5.41) is 2.17. The van der Waals surface area contributed by atoms with Gasteiger partial charge in [0.15, 0.2) is 0 Å². The number of rotatable bonds is 5. The molecule has 4 rings (SSSR count). The summed E-state index contributed by atoms with van der Waals surface area (Å²) in [4.78, 5) is 16.1. The van der Waals surface area contributed by atoms with E-state index in [1.807, 2.05) is 6.20 Å². The number of aryl methyl sites for hydroxylation is 1. The molecule has 0 bridgehead atoms. The molecule has 7 heteroatoms. The Kier molecular flexibility index (Phi) is 4.67. The second-order valence-electron chi connectivity index (χ2n) is 6.55. The van der Waals surface area contributed by atoms with Gasteiger partial charge in [-0.3, -0.25) is 0 Å². The van der Waals surface area contributed by atoms with E-state index in [0.717, 1.165) is 49.6 Å². The molecule has 0 aromatic carbocycles. The fraction of sp³-hybridized carbons (Fsp3) is 0.500. The Morgan fingerprint density at radius 3 is 3.12 bits per heavy atom. The van der Waals surface area contributed by atoms with E-state index in [-0.39, 0.29) is 0 Å². The molecule has 1 aliphatic rings. The number of methoxy groups -OCH3 is 1. The molecule has 3 aromatic heterocycles. The molecule has 0 unspecified atom stereocenters. The number of ether oxygens (including phenoxy) is 1. The summed E-state index contributed by atoms with van der Waals surface area (Å²) >= 11 is 1.74. The summed E-state index contributed by atoms with van der Waals surface area (Å²) in [5.74, 6) is 2.66. The quantitative estimate of drug-likeness (QED) is 0.702. The van der Waals surface area contributed by atoms with Gasteiger partial charge in [0, 0.05) is 45.1 Å². The summed E-state index contributed by atoms with van der Waals surface area (Å²) < 4.78 is 8.65. The number of thiophene rings is 1. The lowest BCUT2D eigenvalue weighted by atomic mass is 9.97. The fourth-order valence-corrected chi connectivity index (χ4v) is 4.64. The predicted octanol–water partition coefficient (Wildman–Crippen LogP) is 3.23. The molecule has 1 aliphatic heterocycles. The van der Waals surface area contributed by atoms with Gasteiger partial charge in [0.25, 0.3) is 0 Å². The molecule has 3 aromatic rings. The zero-order valence-electron chi connectivity index (χ0n) is 14.7. The van der Waals surface area contributed by atoms with E-state index in [9.17, 15) is 0 Å². The van der Waals surface area contributed by atoms with Gasteiger partial charge in [-0.25, -0.2) is 15.0 Å². The van der Waals surface area contributed by atoms with Gasteiger partial charge >= 0.3 is 0 Å². The highest BCUT2D eigenvalue weighted by molar-refractivity contribution is 7.18. The van der Waals surface area contributed by atoms with Crippen molar-refractivity contribution in [1.82, 2.24) is 19.5 Å². The molecule has 1 atom stereocenters. The van der Waals surface area contributed by atoms with E-state index in [1.165, 1.54) is 10.3 Å². The first-order valence-electron chi connectivity index (χ1n) is 8.71. The van der Waals surface area contributed by atoms with Crippen molar-refractivity contribution >= 4 is 27.4 Å². The molecular formula is C18H23N5OS. The minimum absolute atomic E-state index is 0.423. The Morgan fingerprint density at radius 2 is 2.24 bits per heavy atom. The molecule has 1 saturated heterocycles. The van der Waals surface area contributed by atoms with Gasteiger partial charge in [0.05, 0.1) is 16.8 Å². The van der Waals surface area contributed by atoms with Crippen LogP contribution in [0.2, 0.25) is 0 Å². The summed E-state index contributed by atoms with van der Waals surface area (Å²) in [6, 6.07) is 0. The highest BCUT2D eigenvalue weighted by atomic mass is 32.1. The van der Waals surface area contributed by atoms with Crippen LogP contribution in [-0.2, 0) is 11.3 Å². The molecule has 6 nitrogen and oxygen atoms in total. The van der Waals surface area contributed by atoms with Crippen molar-refractivity contribution in [3.05, 3.63) is 35.5 Å². The van der Waals surface area contributed by atoms with Crippen LogP contribution in [-0.4, -0.2) is 46.3 Å². The van der Waals surface area contributed by atoms with E-state index in [4.69, 9.17) is 4.74 Å². The third-order valence-electron chi connectivity index (χ3n) is 4.88. The van der Waals surface area contributed by atoms with Gasteiger partial charge in [0.1, 0.15) is 18.0 Å². The zero-order chi connectivity index (χ0) is 17.2. The highest BCUT2D eigenvalue weighted by Gasteiger charge is 2.27. The maximum Gasteiger partial charge on any atom is 0.150 e. The lowest BCUT2D eigenvalue weighted by Gasteiger charge is -2.33. The van der Waals surface area contributed by atoms with Gasteiger partial charge < -0.3 is 14.2 Å². The van der Waals surface area contributed by atoms with Gasteiger partial charge in [-0.05, 0) is 30.7 Å². The smallest absolute Gasteiger partial charge is 0.150 e. The van der Waals surface area contributed by atoms with Crippen molar-refractivity contribution in [2.24, 2.45) is 0 Å². The van der Waals surface area contributed by atoms with E-state index in [1.54, 1.807) is 24.8 Å². The number of nitrogens with zero attached hydrogens (tertiary/aromatic N) is 5. The minimum atomic E-state index is 0.423. The number of aromatic nitrogens is 4. The molecule has 1 fully saturated rings. The van der Waals surface area contributed by atoms with Crippen LogP contribution in [0.1, 0.15) is 30.1 Å². The van der Waals surface area contributed by atoms with Crippen LogP contribution < -0.4 is 4.90 Å². The van der Waals surface area contributed by atoms with Crippen LogP contribution in [0, 0.1) is 6.92 Å². The van der Waals surface area contributed by atoms with Crippen molar-refractivity contribution < 1.29 is 4.74 Å². The molecule has 0 radical (unpaired) electrons. The van der Waals surface area contributed by atoms with Crippen molar-refractivity contribution in [3.8, 4) is 0 Å². The summed E-state index contributed by atoms with van der Waals surface area (Å²) in [7, 11) is 1.74. The van der Waals surface area contributed by atoms with Crippen LogP contribution in [0.15, 0.2) is 24.1 Å². The van der Waals surface area contributed by atoms with Crippen molar-refractivity contribution in [1.29, 1.82) is 0 Å². The molecule has 132 valence electrons. The van der Waals surface area contributed by atoms with Crippen LogP contribution in [0.4, 0.5) is 5.82 Å². The largest absolute Gasteiger partial charge is 0.383 e. The Bertz CT molecular complexity index is 858. The van der Waals surface area contributed by atoms with Crippen LogP contribution in [0.3, 0.4) is 0 Å². The second-order valence-corrected chi connectivity index (χ2v) is 7.43. The summed E-state index contributed by atoms with van der Waals surface area (Å²) in [6.07, 6.45) is 7.96. The highest BCUT2D eigenvalue weighted by Crippen LogP contribution is 2.34. The molecule has 25 heavy (non-hydrogen) atoms. The maximum absolute atomic E-state index is 5.22. The molecule has 0 saturated carbocycles. The molecule has 0 spiro atoms. The number of hydrogen-bond donors (Lipinski definition) is 0. The van der Waals surface area contributed by atoms with Crippen LogP contribution in [0.5, 0.6) is 0 Å². The number of piperidine rings is 1. The summed E-state index contributed by atoms with van der Waals surface area (Å²) in [6.45, 7) is 5.66. The number of imidazole rings is 1. The molecule has 4 heterocycles. The average Bonchev–Trinajstić information content (AvgIpc) is 3.27. The Hall–Kier alpha value is -1.99. The van der Waals surface area contributed by atoms with Gasteiger partial charge in [-0.1, -0.05) is 0 Å². The first-order valence-corrected chi connectivity index (χ1v) is 9.59. The minimum Gasteiger partial charge on any atom is -0.383 e. The third-order valence-corrected chi connectivity index (χ3v) is 5.97. The Morgan fingerprint density at radius 1 is 1.32 bits per heavy atom. The van der Waals surface area contributed by atoms with E-state index >= 15 is 0 Å². The Labute approximate surface area is 151 Å². The average molecular weight is 357 g/mol.